The Hall–Kier alpha value is -6.58. The lowest BCUT2D eigenvalue weighted by Gasteiger charge is -2.22. The zero-order valence-electron chi connectivity index (χ0n) is 54.3. The van der Waals surface area contributed by atoms with E-state index >= 15 is 0 Å². The van der Waals surface area contributed by atoms with E-state index in [1.165, 1.54) is 38.6 Å². The number of nitrogens with zero attached hydrogens (tertiary/aromatic N) is 3. The number of benzene rings is 4. The largest absolute Gasteiger partial charge is 0.490 e. The summed E-state index contributed by atoms with van der Waals surface area (Å²) in [5, 5.41) is 13.5. The van der Waals surface area contributed by atoms with E-state index in [-0.39, 0.29) is 92.4 Å². The van der Waals surface area contributed by atoms with Crippen molar-refractivity contribution in [1.29, 1.82) is 0 Å². The smallest absolute Gasteiger partial charge is 0.469 e. The number of carbonyl (C=O) groups is 4. The van der Waals surface area contributed by atoms with Crippen molar-refractivity contribution in [2.24, 2.45) is 4.99 Å². The van der Waals surface area contributed by atoms with E-state index in [4.69, 9.17) is 33.1 Å². The molecule has 1 aliphatic carbocycles. The van der Waals surface area contributed by atoms with Crippen LogP contribution in [0.4, 0.5) is 5.69 Å². The Kier molecular flexibility index (Phi) is 28.6. The summed E-state index contributed by atoms with van der Waals surface area (Å²) in [6, 6.07) is 22.5. The second kappa shape index (κ2) is 36.0. The van der Waals surface area contributed by atoms with Crippen molar-refractivity contribution in [3.8, 4) is 40.0 Å². The van der Waals surface area contributed by atoms with Gasteiger partial charge >= 0.3 is 13.5 Å². The number of fused-ring (bicyclic) bond motifs is 2. The Bertz CT molecular complexity index is 3880. The van der Waals surface area contributed by atoms with Gasteiger partial charge in [-0.05, 0) is 100 Å². The van der Waals surface area contributed by atoms with Crippen LogP contribution in [-0.2, 0) is 37.6 Å². The van der Waals surface area contributed by atoms with Gasteiger partial charge in [0.2, 0.25) is 11.8 Å². The summed E-state index contributed by atoms with van der Waals surface area (Å²) in [5.41, 5.74) is 4.62. The van der Waals surface area contributed by atoms with Gasteiger partial charge in [-0.1, -0.05) is 100 Å². The lowest BCUT2D eigenvalue weighted by molar-refractivity contribution is -0.126. The van der Waals surface area contributed by atoms with Crippen molar-refractivity contribution in [2.45, 2.75) is 109 Å². The number of carbonyl (C=O) groups excluding carboxylic acids is 4. The zero-order valence-corrected chi connectivity index (χ0v) is 58.5. The molecule has 3 aromatic carbocycles. The first-order valence-electron chi connectivity index (χ1n) is 30.6. The fourth-order valence-electron chi connectivity index (χ4n) is 9.90. The molecule has 508 valence electrons. The van der Waals surface area contributed by atoms with E-state index in [0.717, 1.165) is 55.4 Å². The molecule has 29 heteroatoms. The van der Waals surface area contributed by atoms with Crippen LogP contribution >= 0.6 is 51.0 Å². The second-order valence-electron chi connectivity index (χ2n) is 22.7. The highest BCUT2D eigenvalue weighted by Gasteiger charge is 2.40. The van der Waals surface area contributed by atoms with Gasteiger partial charge in [-0.2, -0.15) is 0 Å². The Morgan fingerprint density at radius 1 is 0.947 bits per heavy atom. The van der Waals surface area contributed by atoms with E-state index in [0.29, 0.717) is 47.7 Å². The SMILES string of the molecule is CC/N=c1/cc2oc3cc(NCC)c(C)cc3c(-c3ccccc3C(=O)N(C)CCCC(=O)NCCNC(=O)c3cccc(OCC(OCCOCC(=O)NCC#Cc4cn([C@H]5CC(O[C@@H](C)SSC)[C@@H](COP(=O)(O)O)O5)c(=O)[nH]c4=O)SSC(C)(C)C)c3)c-2cc1C. The van der Waals surface area contributed by atoms with Gasteiger partial charge in [-0.3, -0.25) is 43.0 Å². The molecule has 2 unspecified atom stereocenters. The van der Waals surface area contributed by atoms with Crippen molar-refractivity contribution >= 4 is 91.3 Å². The molecule has 4 amide bonds. The van der Waals surface area contributed by atoms with Crippen LogP contribution in [0.15, 0.2) is 98.0 Å². The normalized spacial score (nSPS) is 15.7. The summed E-state index contributed by atoms with van der Waals surface area (Å²) in [7, 11) is 2.84. The Labute approximate surface area is 562 Å². The molecule has 0 spiro atoms. The van der Waals surface area contributed by atoms with E-state index in [2.05, 4.69) is 82.4 Å². The highest BCUT2D eigenvalue weighted by atomic mass is 33.1. The van der Waals surface area contributed by atoms with Crippen LogP contribution in [0.5, 0.6) is 5.75 Å². The maximum atomic E-state index is 14.3. The average molecular weight is 1390 g/mol. The summed E-state index contributed by atoms with van der Waals surface area (Å²) >= 11 is 0. The number of H-pyrrole nitrogens is 1. The molecule has 94 heavy (non-hydrogen) atoms. The number of aryl methyl sites for hydroxylation is 2. The van der Waals surface area contributed by atoms with E-state index < -0.39 is 55.5 Å². The summed E-state index contributed by atoms with van der Waals surface area (Å²) in [6.45, 7) is 17.5. The number of phosphoric ester groups is 1. The number of aromatic nitrogens is 2. The van der Waals surface area contributed by atoms with Crippen LogP contribution in [0.1, 0.15) is 104 Å². The quantitative estimate of drug-likeness (QED) is 0.00506. The molecule has 3 heterocycles. The fourth-order valence-corrected chi connectivity index (χ4v) is 13.8. The third kappa shape index (κ3) is 22.5. The highest BCUT2D eigenvalue weighted by Crippen LogP contribution is 2.44. The van der Waals surface area contributed by atoms with Gasteiger partial charge < -0.3 is 64.1 Å². The number of ether oxygens (including phenoxy) is 5. The molecule has 1 fully saturated rings. The van der Waals surface area contributed by atoms with Crippen LogP contribution in [0.2, 0.25) is 0 Å². The fraction of sp³-hybridized carbons (Fsp3) is 0.462. The van der Waals surface area contributed by atoms with E-state index in [1.807, 2.05) is 63.4 Å². The van der Waals surface area contributed by atoms with Gasteiger partial charge in [0.15, 0.2) is 0 Å². The van der Waals surface area contributed by atoms with E-state index in [1.54, 1.807) is 53.9 Å². The van der Waals surface area contributed by atoms with Crippen LogP contribution in [0.25, 0.3) is 33.4 Å². The zero-order chi connectivity index (χ0) is 68.1. The molecule has 1 saturated heterocycles. The van der Waals surface area contributed by atoms with Gasteiger partial charge in [0.1, 0.15) is 59.1 Å². The minimum absolute atomic E-state index is 0.0632. The minimum Gasteiger partial charge on any atom is -0.490 e. The predicted molar refractivity (Wildman–Crippen MR) is 370 cm³/mol. The third-order valence-corrected chi connectivity index (χ3v) is 20.2. The first-order valence-corrected chi connectivity index (χ1v) is 37.0. The molecule has 3 aliphatic rings. The summed E-state index contributed by atoms with van der Waals surface area (Å²) in [4.78, 5) is 106. The summed E-state index contributed by atoms with van der Waals surface area (Å²) in [5.74, 6) is 5.19. The van der Waals surface area contributed by atoms with E-state index in [9.17, 15) is 43.1 Å². The van der Waals surface area contributed by atoms with Crippen LogP contribution in [0, 0.1) is 25.7 Å². The topological polar surface area (TPSA) is 313 Å². The van der Waals surface area contributed by atoms with Crippen molar-refractivity contribution in [2.75, 3.05) is 90.9 Å². The average Bonchev–Trinajstić information content (AvgIpc) is 0.897. The number of rotatable bonds is 33. The monoisotopic (exact) mass is 1390 g/mol. The van der Waals surface area contributed by atoms with Crippen molar-refractivity contribution in [3.63, 3.8) is 0 Å². The molecule has 4 aromatic rings. The van der Waals surface area contributed by atoms with Crippen molar-refractivity contribution in [1.82, 2.24) is 30.4 Å². The molecule has 2 aliphatic heterocycles. The molecule has 5 atom stereocenters. The second-order valence-corrected chi connectivity index (χ2v) is 29.9. The lowest BCUT2D eigenvalue weighted by atomic mass is 9.89. The molecule has 0 radical (unpaired) electrons. The molecule has 7 rings (SSSR count). The Morgan fingerprint density at radius 3 is 2.47 bits per heavy atom. The number of amides is 4. The molecule has 7 N–H and O–H groups in total. The van der Waals surface area contributed by atoms with Gasteiger partial charge in [0.05, 0.1) is 37.8 Å². The maximum absolute atomic E-state index is 14.3. The number of anilines is 1. The minimum atomic E-state index is -4.84. The van der Waals surface area contributed by atoms with Gasteiger partial charge in [0.25, 0.3) is 17.4 Å². The Balaban J connectivity index is 0.829. The predicted octanol–water partition coefficient (Wildman–Crippen LogP) is 8.65. The lowest BCUT2D eigenvalue weighted by Crippen LogP contribution is -2.35. The summed E-state index contributed by atoms with van der Waals surface area (Å²) in [6.07, 6.45) is 1.09. The molecule has 1 aromatic heterocycles. The number of phosphoric acid groups is 1. The van der Waals surface area contributed by atoms with Crippen molar-refractivity contribution in [3.05, 3.63) is 133 Å². The van der Waals surface area contributed by atoms with Gasteiger partial charge in [0, 0.05) is 109 Å². The van der Waals surface area contributed by atoms with Crippen LogP contribution in [0.3, 0.4) is 0 Å². The standard InChI is InChI=1S/C65H83N8O16PS4/c1-11-66-50-33-52-48(30-40(50)3)60(49-31-41(4)51(67-12-2)34-53(49)88-52)46-21-13-14-22-47(46)63(78)72(9)27-17-23-56(74)69-25-26-70-61(76)43-18-15-20-45(32-43)85-39-59(93-94-65(6,7)8)84-29-28-83-38-57(75)68-24-16-19-44-36-73(64(79)71-62(44)77)58-35-54(87-42(5)92-91-10)55(89-58)37-86-90(80,81)82/h13-15,18,20-22,30-34,36,42,54-55,58-59,66H,11-12,17,23-29,35,37-39H2,1-10H3,(H,68,75)(H,69,74)(H,70,76)(H,71,77,79)(H2,80,81,82)/b67-51-/t42-,54?,55-,58-,59?/m1/s1. The number of hydrogen-bond acceptors (Lipinski definition) is 20. The molecule has 0 bridgehead atoms. The van der Waals surface area contributed by atoms with Crippen LogP contribution < -0.4 is 42.6 Å². The molecular weight excluding hydrogens is 1310 g/mol. The number of aromatic amines is 1. The number of nitrogens with one attached hydrogen (secondary N) is 5. The van der Waals surface area contributed by atoms with Gasteiger partial charge in [-0.15, -0.1) is 0 Å². The highest BCUT2D eigenvalue weighted by molar-refractivity contribution is 8.77. The molecular formula is C65H83N8O16PS4. The maximum Gasteiger partial charge on any atom is 0.469 e. The van der Waals surface area contributed by atoms with Crippen molar-refractivity contribution < 1.29 is 66.2 Å². The van der Waals surface area contributed by atoms with Crippen LogP contribution in [-0.4, -0.2) is 161 Å². The number of hydrogen-bond donors (Lipinski definition) is 7. The van der Waals surface area contributed by atoms with Gasteiger partial charge in [-0.25, -0.2) is 9.36 Å². The first kappa shape index (κ1) is 74.8. The Morgan fingerprint density at radius 2 is 1.72 bits per heavy atom. The molecule has 24 nitrogen and oxygen atoms in total. The first-order chi connectivity index (χ1) is 44.8. The third-order valence-electron chi connectivity index (χ3n) is 14.2. The summed E-state index contributed by atoms with van der Waals surface area (Å²) < 4.78 is 53.4. The molecule has 0 saturated carbocycles.